The Morgan fingerprint density at radius 2 is 1.86 bits per heavy atom. The number of sulfone groups is 1. The molecule has 2 aromatic rings. The van der Waals surface area contributed by atoms with Crippen molar-refractivity contribution in [2.24, 2.45) is 0 Å². The molecule has 0 aliphatic heterocycles. The average Bonchev–Trinajstić information content (AvgIpc) is 2.46. The van der Waals surface area contributed by atoms with Gasteiger partial charge in [-0.15, -0.1) is 0 Å². The van der Waals surface area contributed by atoms with Gasteiger partial charge in [0.2, 0.25) is 0 Å². The second kappa shape index (κ2) is 6.28. The summed E-state index contributed by atoms with van der Waals surface area (Å²) >= 11 is 5.82. The summed E-state index contributed by atoms with van der Waals surface area (Å²) in [5.74, 6) is -0.856. The van der Waals surface area contributed by atoms with E-state index in [9.17, 15) is 13.2 Å². The van der Waals surface area contributed by atoms with E-state index in [4.69, 9.17) is 11.6 Å². The molecule has 0 fully saturated rings. The molecule has 0 N–H and O–H groups in total. The number of hydrogen-bond acceptors (Lipinski definition) is 4. The van der Waals surface area contributed by atoms with Crippen molar-refractivity contribution >= 4 is 27.4 Å². The standard InChI is InChI=1S/C15H13ClO4S/c1-20-15(17)14-8-3-2-5-11(14)10-21(18,19)13-7-4-6-12(16)9-13/h2-9H,10H2,1H3. The van der Waals surface area contributed by atoms with Crippen molar-refractivity contribution in [3.63, 3.8) is 0 Å². The van der Waals surface area contributed by atoms with E-state index in [2.05, 4.69) is 4.74 Å². The van der Waals surface area contributed by atoms with E-state index in [1.807, 2.05) is 0 Å². The third-order valence-corrected chi connectivity index (χ3v) is 4.82. The predicted octanol–water partition coefficient (Wildman–Crippen LogP) is 3.10. The first-order valence-electron chi connectivity index (χ1n) is 6.08. The zero-order valence-electron chi connectivity index (χ0n) is 11.2. The minimum Gasteiger partial charge on any atom is -0.465 e. The number of methoxy groups -OCH3 is 1. The molecule has 0 unspecified atom stereocenters. The average molecular weight is 325 g/mol. The number of ether oxygens (including phenoxy) is 1. The maximum Gasteiger partial charge on any atom is 0.338 e. The Morgan fingerprint density at radius 3 is 2.52 bits per heavy atom. The third-order valence-electron chi connectivity index (χ3n) is 2.92. The van der Waals surface area contributed by atoms with Crippen molar-refractivity contribution in [1.82, 2.24) is 0 Å². The van der Waals surface area contributed by atoms with Crippen LogP contribution in [0.2, 0.25) is 5.02 Å². The van der Waals surface area contributed by atoms with E-state index in [1.54, 1.807) is 30.3 Å². The van der Waals surface area contributed by atoms with Gasteiger partial charge in [-0.05, 0) is 29.8 Å². The van der Waals surface area contributed by atoms with Crippen LogP contribution in [0.4, 0.5) is 0 Å². The lowest BCUT2D eigenvalue weighted by Crippen LogP contribution is -2.11. The van der Waals surface area contributed by atoms with Crippen LogP contribution in [0, 0.1) is 0 Å². The van der Waals surface area contributed by atoms with Crippen molar-refractivity contribution in [3.05, 3.63) is 64.7 Å². The fourth-order valence-electron chi connectivity index (χ4n) is 1.90. The molecule has 0 amide bonds. The fraction of sp³-hybridized carbons (Fsp3) is 0.133. The Morgan fingerprint density at radius 1 is 1.14 bits per heavy atom. The maximum atomic E-state index is 12.4. The van der Waals surface area contributed by atoms with Crippen LogP contribution in [0.15, 0.2) is 53.4 Å². The molecule has 0 aliphatic carbocycles. The van der Waals surface area contributed by atoms with Crippen molar-refractivity contribution in [1.29, 1.82) is 0 Å². The molecule has 0 saturated heterocycles. The normalized spacial score (nSPS) is 11.1. The number of carbonyl (C=O) groups is 1. The number of carbonyl (C=O) groups excluding carboxylic acids is 1. The maximum absolute atomic E-state index is 12.4. The monoisotopic (exact) mass is 324 g/mol. The second-order valence-electron chi connectivity index (χ2n) is 4.37. The number of esters is 1. The molecule has 4 nitrogen and oxygen atoms in total. The SMILES string of the molecule is COC(=O)c1ccccc1CS(=O)(=O)c1cccc(Cl)c1. The molecule has 21 heavy (non-hydrogen) atoms. The molecule has 0 radical (unpaired) electrons. The molecule has 0 heterocycles. The van der Waals surface area contributed by atoms with E-state index in [-0.39, 0.29) is 16.2 Å². The molecule has 6 heteroatoms. The zero-order valence-corrected chi connectivity index (χ0v) is 12.8. The Balaban J connectivity index is 2.40. The first kappa shape index (κ1) is 15.5. The largest absolute Gasteiger partial charge is 0.465 e. The van der Waals surface area contributed by atoms with Crippen molar-refractivity contribution in [3.8, 4) is 0 Å². The summed E-state index contributed by atoms with van der Waals surface area (Å²) < 4.78 is 29.5. The lowest BCUT2D eigenvalue weighted by molar-refractivity contribution is 0.0600. The van der Waals surface area contributed by atoms with Crippen molar-refractivity contribution < 1.29 is 17.9 Å². The molecule has 2 rings (SSSR count). The number of rotatable bonds is 4. The van der Waals surface area contributed by atoms with Gasteiger partial charge in [0.25, 0.3) is 0 Å². The Kier molecular flexibility index (Phi) is 4.65. The van der Waals surface area contributed by atoms with Gasteiger partial charge >= 0.3 is 5.97 Å². The number of halogens is 1. The molecule has 0 saturated carbocycles. The molecule has 0 aliphatic rings. The molecule has 110 valence electrons. The lowest BCUT2D eigenvalue weighted by Gasteiger charge is -2.09. The lowest BCUT2D eigenvalue weighted by atomic mass is 10.1. The van der Waals surface area contributed by atoms with E-state index >= 15 is 0 Å². The van der Waals surface area contributed by atoms with Crippen LogP contribution in [0.3, 0.4) is 0 Å². The number of hydrogen-bond donors (Lipinski definition) is 0. The van der Waals surface area contributed by atoms with Gasteiger partial charge in [-0.2, -0.15) is 0 Å². The van der Waals surface area contributed by atoms with Gasteiger partial charge in [0.05, 0.1) is 23.3 Å². The van der Waals surface area contributed by atoms with Gasteiger partial charge in [-0.25, -0.2) is 13.2 Å². The number of benzene rings is 2. The molecule has 0 bridgehead atoms. The first-order chi connectivity index (χ1) is 9.94. The summed E-state index contributed by atoms with van der Waals surface area (Å²) in [5.41, 5.74) is 0.634. The molecular formula is C15H13ClO4S. The third kappa shape index (κ3) is 3.62. The zero-order chi connectivity index (χ0) is 15.5. The van der Waals surface area contributed by atoms with Gasteiger partial charge < -0.3 is 4.74 Å². The van der Waals surface area contributed by atoms with Crippen LogP contribution >= 0.6 is 11.6 Å². The highest BCUT2D eigenvalue weighted by Crippen LogP contribution is 2.22. The highest BCUT2D eigenvalue weighted by Gasteiger charge is 2.20. The summed E-state index contributed by atoms with van der Waals surface area (Å²) in [4.78, 5) is 11.8. The minimum absolute atomic E-state index is 0.120. The molecule has 2 aromatic carbocycles. The van der Waals surface area contributed by atoms with Crippen LogP contribution in [-0.4, -0.2) is 21.5 Å². The Bertz CT molecular complexity index is 769. The quantitative estimate of drug-likeness (QED) is 0.811. The van der Waals surface area contributed by atoms with Gasteiger partial charge in [-0.3, -0.25) is 0 Å². The predicted molar refractivity (Wildman–Crippen MR) is 80.1 cm³/mol. The fourth-order valence-corrected chi connectivity index (χ4v) is 3.58. The van der Waals surface area contributed by atoms with E-state index in [0.29, 0.717) is 10.6 Å². The van der Waals surface area contributed by atoms with Crippen LogP contribution in [0.5, 0.6) is 0 Å². The van der Waals surface area contributed by atoms with Crippen molar-refractivity contribution in [2.75, 3.05) is 7.11 Å². The van der Waals surface area contributed by atoms with Gasteiger partial charge in [0, 0.05) is 5.02 Å². The smallest absolute Gasteiger partial charge is 0.338 e. The summed E-state index contributed by atoms with van der Waals surface area (Å²) in [7, 11) is -2.34. The Labute approximate surface area is 128 Å². The summed E-state index contributed by atoms with van der Waals surface area (Å²) in [6.07, 6.45) is 0. The van der Waals surface area contributed by atoms with E-state index in [0.717, 1.165) is 0 Å². The molecular weight excluding hydrogens is 312 g/mol. The van der Waals surface area contributed by atoms with E-state index < -0.39 is 15.8 Å². The van der Waals surface area contributed by atoms with Crippen LogP contribution in [0.1, 0.15) is 15.9 Å². The topological polar surface area (TPSA) is 60.4 Å². The molecule has 0 atom stereocenters. The van der Waals surface area contributed by atoms with Gasteiger partial charge in [0.1, 0.15) is 0 Å². The van der Waals surface area contributed by atoms with Crippen molar-refractivity contribution in [2.45, 2.75) is 10.6 Å². The first-order valence-corrected chi connectivity index (χ1v) is 8.11. The summed E-state index contributed by atoms with van der Waals surface area (Å²) in [5, 5.41) is 0.345. The molecule has 0 spiro atoms. The Hall–Kier alpha value is -1.85. The second-order valence-corrected chi connectivity index (χ2v) is 6.79. The van der Waals surface area contributed by atoms with Gasteiger partial charge in [0.15, 0.2) is 9.84 Å². The summed E-state index contributed by atoms with van der Waals surface area (Å²) in [6, 6.07) is 12.5. The van der Waals surface area contributed by atoms with E-state index in [1.165, 1.54) is 25.3 Å². The molecule has 0 aromatic heterocycles. The van der Waals surface area contributed by atoms with Crippen LogP contribution < -0.4 is 0 Å². The van der Waals surface area contributed by atoms with Crippen LogP contribution in [-0.2, 0) is 20.3 Å². The highest BCUT2D eigenvalue weighted by atomic mass is 35.5. The summed E-state index contributed by atoms with van der Waals surface area (Å²) in [6.45, 7) is 0. The highest BCUT2D eigenvalue weighted by molar-refractivity contribution is 7.90. The minimum atomic E-state index is -3.59. The van der Waals surface area contributed by atoms with Gasteiger partial charge in [-0.1, -0.05) is 35.9 Å². The van der Waals surface area contributed by atoms with Crippen LogP contribution in [0.25, 0.3) is 0 Å².